The van der Waals surface area contributed by atoms with E-state index in [0.717, 1.165) is 32.3 Å². The first kappa shape index (κ1) is 13.3. The Balaban J connectivity index is 1.70. The van der Waals surface area contributed by atoms with Crippen LogP contribution in [0, 0.1) is 5.92 Å². The lowest BCUT2D eigenvalue weighted by molar-refractivity contribution is 0.0727. The fourth-order valence-corrected chi connectivity index (χ4v) is 2.65. The number of nitrogens with zero attached hydrogens (tertiary/aromatic N) is 2. The van der Waals surface area contributed by atoms with Crippen molar-refractivity contribution in [2.45, 2.75) is 31.7 Å². The first-order valence-electron chi connectivity index (χ1n) is 7.30. The van der Waals surface area contributed by atoms with Crippen LogP contribution in [-0.4, -0.2) is 46.5 Å². The van der Waals surface area contributed by atoms with Gasteiger partial charge < -0.3 is 15.2 Å². The molecule has 20 heavy (non-hydrogen) atoms. The van der Waals surface area contributed by atoms with E-state index in [1.807, 2.05) is 4.90 Å². The molecule has 0 radical (unpaired) electrons. The molecule has 6 nitrogen and oxygen atoms in total. The third kappa shape index (κ3) is 3.25. The minimum Gasteiger partial charge on any atom is -0.335 e. The maximum Gasteiger partial charge on any atom is 0.274 e. The first-order chi connectivity index (χ1) is 9.72. The number of hydrogen-bond donors (Lipinski definition) is 2. The molecule has 1 aliphatic heterocycles. The molecule has 2 aliphatic rings. The van der Waals surface area contributed by atoms with E-state index < -0.39 is 0 Å². The summed E-state index contributed by atoms with van der Waals surface area (Å²) in [7, 11) is 0. The van der Waals surface area contributed by atoms with Gasteiger partial charge in [-0.2, -0.15) is 0 Å². The number of amides is 1. The quantitative estimate of drug-likeness (QED) is 0.814. The van der Waals surface area contributed by atoms with Gasteiger partial charge in [-0.05, 0) is 38.1 Å². The van der Waals surface area contributed by atoms with Crippen molar-refractivity contribution in [3.63, 3.8) is 0 Å². The Kier molecular flexibility index (Phi) is 3.82. The summed E-state index contributed by atoms with van der Waals surface area (Å²) in [5.74, 6) is 0.560. The highest BCUT2D eigenvalue weighted by molar-refractivity contribution is 5.92. The zero-order valence-corrected chi connectivity index (χ0v) is 11.5. The fourth-order valence-electron chi connectivity index (χ4n) is 2.65. The molecule has 1 unspecified atom stereocenters. The highest BCUT2D eigenvalue weighted by atomic mass is 16.2. The van der Waals surface area contributed by atoms with Gasteiger partial charge in [-0.3, -0.25) is 9.59 Å². The number of hydrogen-bond acceptors (Lipinski definition) is 4. The monoisotopic (exact) mass is 276 g/mol. The van der Waals surface area contributed by atoms with E-state index in [-0.39, 0.29) is 11.5 Å². The Morgan fingerprint density at radius 2 is 2.20 bits per heavy atom. The Hall–Kier alpha value is -1.69. The lowest BCUT2D eigenvalue weighted by Gasteiger charge is -2.25. The summed E-state index contributed by atoms with van der Waals surface area (Å²) in [6.07, 6.45) is 7.28. The molecule has 1 atom stereocenters. The summed E-state index contributed by atoms with van der Waals surface area (Å²) in [6, 6.07) is 0.389. The minimum atomic E-state index is -0.284. The van der Waals surface area contributed by atoms with E-state index in [0.29, 0.717) is 17.7 Å². The molecule has 2 N–H and O–H groups in total. The maximum atomic E-state index is 12.5. The van der Waals surface area contributed by atoms with Crippen molar-refractivity contribution >= 4 is 5.91 Å². The number of aromatic amines is 1. The molecular formula is C14H20N4O2. The third-order valence-corrected chi connectivity index (χ3v) is 3.96. The summed E-state index contributed by atoms with van der Waals surface area (Å²) >= 11 is 0. The second-order valence-corrected chi connectivity index (χ2v) is 5.74. The van der Waals surface area contributed by atoms with Crippen LogP contribution < -0.4 is 10.9 Å². The summed E-state index contributed by atoms with van der Waals surface area (Å²) in [6.45, 7) is 2.57. The minimum absolute atomic E-state index is 0.0816. The van der Waals surface area contributed by atoms with Crippen LogP contribution in [0.15, 0.2) is 17.2 Å². The van der Waals surface area contributed by atoms with E-state index in [4.69, 9.17) is 0 Å². The molecule has 6 heteroatoms. The lowest BCUT2D eigenvalue weighted by Crippen LogP contribution is -2.42. The Bertz CT molecular complexity index is 512. The Labute approximate surface area is 117 Å². The number of carbonyl (C=O) groups excluding carboxylic acids is 1. The molecule has 1 saturated heterocycles. The molecule has 1 saturated carbocycles. The van der Waals surface area contributed by atoms with Crippen LogP contribution in [0.2, 0.25) is 0 Å². The van der Waals surface area contributed by atoms with Crippen LogP contribution in [0.1, 0.15) is 36.2 Å². The smallest absolute Gasteiger partial charge is 0.274 e. The third-order valence-electron chi connectivity index (χ3n) is 3.96. The molecule has 0 spiro atoms. The van der Waals surface area contributed by atoms with Gasteiger partial charge in [0.25, 0.3) is 11.5 Å². The highest BCUT2D eigenvalue weighted by Crippen LogP contribution is 2.30. The second kappa shape index (κ2) is 5.75. The van der Waals surface area contributed by atoms with Gasteiger partial charge in [0.05, 0.1) is 6.20 Å². The number of aromatic nitrogens is 2. The molecule has 1 aromatic heterocycles. The van der Waals surface area contributed by atoms with E-state index in [1.54, 1.807) is 0 Å². The molecule has 3 rings (SSSR count). The zero-order valence-electron chi connectivity index (χ0n) is 11.5. The van der Waals surface area contributed by atoms with Crippen LogP contribution in [0.4, 0.5) is 0 Å². The molecule has 1 amide bonds. The fraction of sp³-hybridized carbons (Fsp3) is 0.643. The summed E-state index contributed by atoms with van der Waals surface area (Å²) < 4.78 is 0. The van der Waals surface area contributed by atoms with Crippen molar-refractivity contribution in [2.24, 2.45) is 5.92 Å². The summed E-state index contributed by atoms with van der Waals surface area (Å²) in [5, 5.41) is 3.42. The van der Waals surface area contributed by atoms with Crippen molar-refractivity contribution in [3.8, 4) is 0 Å². The number of carbonyl (C=O) groups is 1. The standard InChI is InChI=1S/C14H20N4O2/c19-13-7-16-12(6-17-13)14(20)18(8-10-3-4-10)9-11-2-1-5-15-11/h6-7,10-11,15H,1-5,8-9H2,(H,17,19). The van der Waals surface area contributed by atoms with Gasteiger partial charge in [-0.1, -0.05) is 0 Å². The molecule has 0 aromatic carbocycles. The molecular weight excluding hydrogens is 256 g/mol. The van der Waals surface area contributed by atoms with Gasteiger partial charge in [0, 0.05) is 25.3 Å². The summed E-state index contributed by atoms with van der Waals surface area (Å²) in [4.78, 5) is 31.9. The van der Waals surface area contributed by atoms with Crippen LogP contribution in [-0.2, 0) is 0 Å². The number of H-pyrrole nitrogens is 1. The Morgan fingerprint density at radius 3 is 2.80 bits per heavy atom. The van der Waals surface area contributed by atoms with Crippen molar-refractivity contribution in [1.82, 2.24) is 20.2 Å². The van der Waals surface area contributed by atoms with E-state index in [9.17, 15) is 9.59 Å². The van der Waals surface area contributed by atoms with Gasteiger partial charge in [-0.25, -0.2) is 4.98 Å². The number of nitrogens with one attached hydrogen (secondary N) is 2. The van der Waals surface area contributed by atoms with E-state index >= 15 is 0 Å². The lowest BCUT2D eigenvalue weighted by atomic mass is 10.2. The molecule has 2 heterocycles. The average molecular weight is 276 g/mol. The molecule has 0 bridgehead atoms. The van der Waals surface area contributed by atoms with Gasteiger partial charge in [0.15, 0.2) is 0 Å². The molecule has 2 fully saturated rings. The predicted octanol–water partition coefficient (Wildman–Crippen LogP) is 0.374. The second-order valence-electron chi connectivity index (χ2n) is 5.74. The zero-order chi connectivity index (χ0) is 13.9. The van der Waals surface area contributed by atoms with Gasteiger partial charge >= 0.3 is 0 Å². The highest BCUT2D eigenvalue weighted by Gasteiger charge is 2.30. The topological polar surface area (TPSA) is 78.1 Å². The maximum absolute atomic E-state index is 12.5. The normalized spacial score (nSPS) is 21.9. The van der Waals surface area contributed by atoms with Crippen LogP contribution in [0.5, 0.6) is 0 Å². The van der Waals surface area contributed by atoms with Gasteiger partial charge in [-0.15, -0.1) is 0 Å². The van der Waals surface area contributed by atoms with E-state index in [1.165, 1.54) is 25.5 Å². The first-order valence-corrected chi connectivity index (χ1v) is 7.30. The van der Waals surface area contributed by atoms with Crippen LogP contribution >= 0.6 is 0 Å². The summed E-state index contributed by atoms with van der Waals surface area (Å²) in [5.41, 5.74) is 0.0380. The largest absolute Gasteiger partial charge is 0.335 e. The van der Waals surface area contributed by atoms with Crippen molar-refractivity contribution < 1.29 is 4.79 Å². The van der Waals surface area contributed by atoms with E-state index in [2.05, 4.69) is 15.3 Å². The predicted molar refractivity (Wildman–Crippen MR) is 74.5 cm³/mol. The van der Waals surface area contributed by atoms with Crippen LogP contribution in [0.3, 0.4) is 0 Å². The Morgan fingerprint density at radius 1 is 1.35 bits per heavy atom. The molecule has 108 valence electrons. The van der Waals surface area contributed by atoms with Crippen molar-refractivity contribution in [3.05, 3.63) is 28.4 Å². The van der Waals surface area contributed by atoms with Gasteiger partial charge in [0.1, 0.15) is 5.69 Å². The van der Waals surface area contributed by atoms with Crippen molar-refractivity contribution in [1.29, 1.82) is 0 Å². The molecule has 1 aromatic rings. The van der Waals surface area contributed by atoms with Gasteiger partial charge in [0.2, 0.25) is 0 Å². The van der Waals surface area contributed by atoms with Crippen LogP contribution in [0.25, 0.3) is 0 Å². The van der Waals surface area contributed by atoms with Crippen molar-refractivity contribution in [2.75, 3.05) is 19.6 Å². The number of rotatable bonds is 5. The average Bonchev–Trinajstić information content (AvgIpc) is 3.12. The molecule has 1 aliphatic carbocycles. The SMILES string of the molecule is O=C(c1c[nH]c(=O)cn1)N(CC1CC1)CC1CCCN1.